The largest absolute Gasteiger partial charge is 0.481 e. The van der Waals surface area contributed by atoms with Gasteiger partial charge in [-0.15, -0.1) is 0 Å². The molecular weight excluding hydrogens is 196 g/mol. The number of unbranched alkanes of at least 4 members (excludes halogenated alkanes) is 3. The van der Waals surface area contributed by atoms with E-state index in [4.69, 9.17) is 9.84 Å². The van der Waals surface area contributed by atoms with Gasteiger partial charge in [0.05, 0.1) is 18.9 Å². The van der Waals surface area contributed by atoms with Crippen LogP contribution in [0, 0.1) is 5.92 Å². The minimum atomic E-state index is -0.960. The van der Waals surface area contributed by atoms with E-state index in [0.717, 1.165) is 25.7 Å². The number of hydrogen-bond acceptors (Lipinski definition) is 3. The van der Waals surface area contributed by atoms with Gasteiger partial charge in [0.2, 0.25) is 0 Å². The van der Waals surface area contributed by atoms with Gasteiger partial charge in [0, 0.05) is 0 Å². The molecule has 0 rings (SSSR count). The smallest absolute Gasteiger partial charge is 0.306 e. The summed E-state index contributed by atoms with van der Waals surface area (Å²) in [6.07, 6.45) is 4.16. The Bertz CT molecular complexity index is 201. The maximum absolute atomic E-state index is 11.1. The van der Waals surface area contributed by atoms with Crippen LogP contribution < -0.4 is 0 Å². The van der Waals surface area contributed by atoms with Crippen molar-refractivity contribution in [1.29, 1.82) is 0 Å². The lowest BCUT2D eigenvalue weighted by atomic mass is 10.1. The summed E-state index contributed by atoms with van der Waals surface area (Å²) in [5, 5.41) is 8.56. The number of carboxylic acid groups (broad SMARTS) is 1. The number of carboxylic acids is 1. The second-order valence-corrected chi connectivity index (χ2v) is 3.72. The molecule has 0 heterocycles. The number of rotatable bonds is 8. The van der Waals surface area contributed by atoms with Crippen molar-refractivity contribution in [2.75, 3.05) is 6.61 Å². The second-order valence-electron chi connectivity index (χ2n) is 3.72. The van der Waals surface area contributed by atoms with Crippen LogP contribution in [0.25, 0.3) is 0 Å². The zero-order chi connectivity index (χ0) is 11.7. The summed E-state index contributed by atoms with van der Waals surface area (Å²) in [7, 11) is 0. The van der Waals surface area contributed by atoms with Crippen LogP contribution in [-0.2, 0) is 14.3 Å². The van der Waals surface area contributed by atoms with Gasteiger partial charge in [-0.25, -0.2) is 0 Å². The molecule has 0 spiro atoms. The lowest BCUT2D eigenvalue weighted by Crippen LogP contribution is -2.16. The summed E-state index contributed by atoms with van der Waals surface area (Å²) in [5.74, 6) is -2.03. The SMILES string of the molecule is CCCCCCOC(=O)CC(C)C(=O)O. The highest BCUT2D eigenvalue weighted by Gasteiger charge is 2.16. The fourth-order valence-corrected chi connectivity index (χ4v) is 1.11. The molecule has 4 heteroatoms. The lowest BCUT2D eigenvalue weighted by Gasteiger charge is -2.06. The van der Waals surface area contributed by atoms with Gasteiger partial charge in [-0.1, -0.05) is 33.1 Å². The van der Waals surface area contributed by atoms with Gasteiger partial charge in [-0.3, -0.25) is 9.59 Å². The normalized spacial score (nSPS) is 12.1. The summed E-state index contributed by atoms with van der Waals surface area (Å²) >= 11 is 0. The molecule has 0 bridgehead atoms. The first-order valence-corrected chi connectivity index (χ1v) is 5.46. The van der Waals surface area contributed by atoms with E-state index in [1.165, 1.54) is 6.92 Å². The van der Waals surface area contributed by atoms with E-state index >= 15 is 0 Å². The highest BCUT2D eigenvalue weighted by molar-refractivity contribution is 5.78. The third kappa shape index (κ3) is 7.97. The molecule has 4 nitrogen and oxygen atoms in total. The van der Waals surface area contributed by atoms with Crippen molar-refractivity contribution in [3.05, 3.63) is 0 Å². The van der Waals surface area contributed by atoms with Gasteiger partial charge in [0.25, 0.3) is 0 Å². The summed E-state index contributed by atoms with van der Waals surface area (Å²) < 4.78 is 4.91. The van der Waals surface area contributed by atoms with Crippen LogP contribution in [0.4, 0.5) is 0 Å². The summed E-state index contributed by atoms with van der Waals surface area (Å²) in [4.78, 5) is 21.5. The van der Waals surface area contributed by atoms with E-state index in [-0.39, 0.29) is 6.42 Å². The molecule has 88 valence electrons. The molecule has 1 unspecified atom stereocenters. The molecule has 1 N–H and O–H groups in total. The van der Waals surface area contributed by atoms with E-state index in [1.807, 2.05) is 0 Å². The Morgan fingerprint density at radius 3 is 2.47 bits per heavy atom. The Kier molecular flexibility index (Phi) is 7.68. The first-order chi connectivity index (χ1) is 7.07. The molecular formula is C11H20O4. The Morgan fingerprint density at radius 1 is 1.27 bits per heavy atom. The van der Waals surface area contributed by atoms with Gasteiger partial charge in [0.15, 0.2) is 0 Å². The van der Waals surface area contributed by atoms with E-state index in [2.05, 4.69) is 6.92 Å². The molecule has 0 saturated carbocycles. The Balaban J connectivity index is 3.45. The highest BCUT2D eigenvalue weighted by Crippen LogP contribution is 2.04. The van der Waals surface area contributed by atoms with Crippen molar-refractivity contribution in [3.63, 3.8) is 0 Å². The highest BCUT2D eigenvalue weighted by atomic mass is 16.5. The Morgan fingerprint density at radius 2 is 1.93 bits per heavy atom. The quantitative estimate of drug-likeness (QED) is 0.499. The predicted molar refractivity (Wildman–Crippen MR) is 56.5 cm³/mol. The monoisotopic (exact) mass is 216 g/mol. The molecule has 0 aromatic heterocycles. The molecule has 0 aliphatic rings. The van der Waals surface area contributed by atoms with E-state index in [0.29, 0.717) is 6.61 Å². The van der Waals surface area contributed by atoms with Gasteiger partial charge < -0.3 is 9.84 Å². The third-order valence-corrected chi connectivity index (χ3v) is 2.16. The van der Waals surface area contributed by atoms with Gasteiger partial charge in [-0.05, 0) is 6.42 Å². The number of hydrogen-bond donors (Lipinski definition) is 1. The van der Waals surface area contributed by atoms with Crippen molar-refractivity contribution < 1.29 is 19.4 Å². The van der Waals surface area contributed by atoms with Crippen LogP contribution in [0.3, 0.4) is 0 Å². The van der Waals surface area contributed by atoms with Crippen LogP contribution in [0.1, 0.15) is 46.0 Å². The molecule has 0 aromatic carbocycles. The zero-order valence-electron chi connectivity index (χ0n) is 9.49. The van der Waals surface area contributed by atoms with Crippen molar-refractivity contribution >= 4 is 11.9 Å². The van der Waals surface area contributed by atoms with Crippen molar-refractivity contribution in [3.8, 4) is 0 Å². The standard InChI is InChI=1S/C11H20O4/c1-3-4-5-6-7-15-10(12)8-9(2)11(13)14/h9H,3-8H2,1-2H3,(H,13,14). The summed E-state index contributed by atoms with van der Waals surface area (Å²) in [5.41, 5.74) is 0. The van der Waals surface area contributed by atoms with Crippen molar-refractivity contribution in [1.82, 2.24) is 0 Å². The molecule has 0 aliphatic carbocycles. The Hall–Kier alpha value is -1.06. The average Bonchev–Trinajstić information content (AvgIpc) is 2.17. The maximum Gasteiger partial charge on any atom is 0.306 e. The first kappa shape index (κ1) is 13.9. The van der Waals surface area contributed by atoms with Gasteiger partial charge >= 0.3 is 11.9 Å². The van der Waals surface area contributed by atoms with E-state index in [1.54, 1.807) is 0 Å². The molecule has 0 radical (unpaired) electrons. The van der Waals surface area contributed by atoms with Crippen molar-refractivity contribution in [2.24, 2.45) is 5.92 Å². The maximum atomic E-state index is 11.1. The van der Waals surface area contributed by atoms with Gasteiger partial charge in [-0.2, -0.15) is 0 Å². The summed E-state index contributed by atoms with van der Waals surface area (Å²) in [6.45, 7) is 4.02. The predicted octanol–water partition coefficient (Wildman–Crippen LogP) is 2.22. The fourth-order valence-electron chi connectivity index (χ4n) is 1.11. The third-order valence-electron chi connectivity index (χ3n) is 2.16. The molecule has 0 amide bonds. The molecule has 1 atom stereocenters. The molecule has 0 fully saturated rings. The molecule has 0 aromatic rings. The van der Waals surface area contributed by atoms with Crippen LogP contribution >= 0.6 is 0 Å². The fraction of sp³-hybridized carbons (Fsp3) is 0.818. The zero-order valence-corrected chi connectivity index (χ0v) is 9.49. The number of ether oxygens (including phenoxy) is 1. The van der Waals surface area contributed by atoms with Crippen molar-refractivity contribution in [2.45, 2.75) is 46.0 Å². The Labute approximate surface area is 90.6 Å². The minimum Gasteiger partial charge on any atom is -0.481 e. The lowest BCUT2D eigenvalue weighted by molar-refractivity contribution is -0.151. The first-order valence-electron chi connectivity index (χ1n) is 5.46. The second kappa shape index (κ2) is 8.26. The number of esters is 1. The number of carbonyl (C=O) groups excluding carboxylic acids is 1. The van der Waals surface area contributed by atoms with E-state index < -0.39 is 17.9 Å². The summed E-state index contributed by atoms with van der Waals surface area (Å²) in [6, 6.07) is 0. The number of aliphatic carboxylic acids is 1. The molecule has 0 aliphatic heterocycles. The average molecular weight is 216 g/mol. The van der Waals surface area contributed by atoms with Crippen LogP contribution in [0.5, 0.6) is 0 Å². The minimum absolute atomic E-state index is 0.0386. The topological polar surface area (TPSA) is 63.6 Å². The molecule has 15 heavy (non-hydrogen) atoms. The number of carbonyl (C=O) groups is 2. The molecule has 0 saturated heterocycles. The van der Waals surface area contributed by atoms with Gasteiger partial charge in [0.1, 0.15) is 0 Å². The van der Waals surface area contributed by atoms with Crippen LogP contribution in [0.2, 0.25) is 0 Å². The van der Waals surface area contributed by atoms with E-state index in [9.17, 15) is 9.59 Å². The van der Waals surface area contributed by atoms with Crippen LogP contribution in [-0.4, -0.2) is 23.7 Å². The van der Waals surface area contributed by atoms with Crippen LogP contribution in [0.15, 0.2) is 0 Å².